The molecule has 6 heteroatoms. The van der Waals surface area contributed by atoms with Gasteiger partial charge in [0.05, 0.1) is 19.4 Å². The van der Waals surface area contributed by atoms with E-state index in [1.807, 2.05) is 12.1 Å². The van der Waals surface area contributed by atoms with Crippen molar-refractivity contribution in [2.24, 2.45) is 0 Å². The van der Waals surface area contributed by atoms with Gasteiger partial charge in [-0.25, -0.2) is 14.8 Å². The average Bonchev–Trinajstić information content (AvgIpc) is 2.67. The molecule has 28 heavy (non-hydrogen) atoms. The first kappa shape index (κ1) is 19.6. The summed E-state index contributed by atoms with van der Waals surface area (Å²) >= 11 is 0. The molecule has 0 amide bonds. The zero-order valence-electron chi connectivity index (χ0n) is 16.9. The average molecular weight is 379 g/mol. The second-order valence-electron chi connectivity index (χ2n) is 7.44. The Kier molecular flexibility index (Phi) is 5.49. The first-order valence-electron chi connectivity index (χ1n) is 9.21. The number of benzene rings is 1. The minimum atomic E-state index is -0.429. The lowest BCUT2D eigenvalue weighted by molar-refractivity contribution is 0.0527. The van der Waals surface area contributed by atoms with Crippen LogP contribution in [0.25, 0.3) is 10.9 Å². The largest absolute Gasteiger partial charge is 0.479 e. The molecule has 6 nitrogen and oxygen atoms in total. The standard InChI is InChI=1S/C22H25N3O3/c1-6-28-21(26)17-13-24-19-16(11-12-23-20(19)27-5)18(17)25-15-9-7-14(8-10-15)22(2,3)4/h7-13H,6H2,1-5H3,(H,24,25). The Morgan fingerprint density at radius 1 is 1.11 bits per heavy atom. The maximum Gasteiger partial charge on any atom is 0.341 e. The smallest absolute Gasteiger partial charge is 0.341 e. The van der Waals surface area contributed by atoms with Crippen LogP contribution in [0.5, 0.6) is 5.88 Å². The third kappa shape index (κ3) is 3.91. The number of hydrogen-bond acceptors (Lipinski definition) is 6. The zero-order chi connectivity index (χ0) is 20.3. The van der Waals surface area contributed by atoms with E-state index in [9.17, 15) is 4.79 Å². The van der Waals surface area contributed by atoms with Crippen molar-refractivity contribution in [3.8, 4) is 5.88 Å². The van der Waals surface area contributed by atoms with Crippen molar-refractivity contribution in [3.05, 3.63) is 53.9 Å². The zero-order valence-corrected chi connectivity index (χ0v) is 16.9. The highest BCUT2D eigenvalue weighted by atomic mass is 16.5. The quantitative estimate of drug-likeness (QED) is 0.639. The van der Waals surface area contributed by atoms with Gasteiger partial charge in [-0.05, 0) is 36.1 Å². The van der Waals surface area contributed by atoms with Crippen LogP contribution in [-0.4, -0.2) is 29.7 Å². The van der Waals surface area contributed by atoms with Gasteiger partial charge in [-0.3, -0.25) is 0 Å². The van der Waals surface area contributed by atoms with Crippen molar-refractivity contribution in [1.82, 2.24) is 9.97 Å². The summed E-state index contributed by atoms with van der Waals surface area (Å²) in [5, 5.41) is 4.09. The Hall–Kier alpha value is -3.15. The van der Waals surface area contributed by atoms with E-state index in [0.29, 0.717) is 22.6 Å². The number of esters is 1. The number of pyridine rings is 2. The van der Waals surface area contributed by atoms with Gasteiger partial charge >= 0.3 is 5.97 Å². The summed E-state index contributed by atoms with van der Waals surface area (Å²) in [5.74, 6) is -0.0273. The van der Waals surface area contributed by atoms with Crippen LogP contribution in [-0.2, 0) is 10.2 Å². The van der Waals surface area contributed by atoms with Crippen LogP contribution in [0, 0.1) is 0 Å². The van der Waals surface area contributed by atoms with Gasteiger partial charge < -0.3 is 14.8 Å². The first-order valence-corrected chi connectivity index (χ1v) is 9.21. The molecule has 0 unspecified atom stereocenters. The molecule has 0 radical (unpaired) electrons. The van der Waals surface area contributed by atoms with Gasteiger partial charge in [0.2, 0.25) is 5.88 Å². The number of rotatable bonds is 5. The first-order chi connectivity index (χ1) is 13.3. The molecule has 3 rings (SSSR count). The van der Waals surface area contributed by atoms with Crippen LogP contribution in [0.1, 0.15) is 43.6 Å². The Morgan fingerprint density at radius 3 is 2.43 bits per heavy atom. The summed E-state index contributed by atoms with van der Waals surface area (Å²) in [6, 6.07) is 9.97. The number of hydrogen-bond donors (Lipinski definition) is 1. The Morgan fingerprint density at radius 2 is 1.82 bits per heavy atom. The van der Waals surface area contributed by atoms with Gasteiger partial charge in [0, 0.05) is 23.5 Å². The molecule has 0 spiro atoms. The molecular formula is C22H25N3O3. The second-order valence-corrected chi connectivity index (χ2v) is 7.44. The molecule has 0 aliphatic heterocycles. The summed E-state index contributed by atoms with van der Waals surface area (Å²) in [4.78, 5) is 21.1. The summed E-state index contributed by atoms with van der Waals surface area (Å²) in [6.07, 6.45) is 3.13. The van der Waals surface area contributed by atoms with E-state index in [1.165, 1.54) is 11.8 Å². The van der Waals surface area contributed by atoms with Gasteiger partial charge in [0.1, 0.15) is 11.1 Å². The van der Waals surface area contributed by atoms with Crippen LogP contribution in [0.4, 0.5) is 11.4 Å². The van der Waals surface area contributed by atoms with Crippen molar-refractivity contribution in [2.45, 2.75) is 33.1 Å². The Balaban J connectivity index is 2.11. The van der Waals surface area contributed by atoms with Crippen LogP contribution < -0.4 is 10.1 Å². The molecular weight excluding hydrogens is 354 g/mol. The maximum atomic E-state index is 12.5. The molecule has 0 fully saturated rings. The number of nitrogens with one attached hydrogen (secondary N) is 1. The van der Waals surface area contributed by atoms with Crippen LogP contribution in [0.3, 0.4) is 0 Å². The second kappa shape index (κ2) is 7.84. The van der Waals surface area contributed by atoms with E-state index >= 15 is 0 Å². The molecule has 1 aromatic carbocycles. The van der Waals surface area contributed by atoms with Gasteiger partial charge in [0.15, 0.2) is 0 Å². The van der Waals surface area contributed by atoms with Gasteiger partial charge in [-0.2, -0.15) is 0 Å². The third-order valence-electron chi connectivity index (χ3n) is 4.46. The molecule has 3 aromatic rings. The maximum absolute atomic E-state index is 12.5. The molecule has 146 valence electrons. The predicted molar refractivity (Wildman–Crippen MR) is 110 cm³/mol. The Bertz CT molecular complexity index is 992. The fourth-order valence-corrected chi connectivity index (χ4v) is 2.95. The van der Waals surface area contributed by atoms with Crippen LogP contribution in [0.2, 0.25) is 0 Å². The SMILES string of the molecule is CCOC(=O)c1cnc2c(OC)nccc2c1Nc1ccc(C(C)(C)C)cc1. The molecule has 0 saturated carbocycles. The highest BCUT2D eigenvalue weighted by Crippen LogP contribution is 2.33. The summed E-state index contributed by atoms with van der Waals surface area (Å²) < 4.78 is 10.5. The third-order valence-corrected chi connectivity index (χ3v) is 4.46. The number of anilines is 2. The molecule has 0 atom stereocenters. The lowest BCUT2D eigenvalue weighted by atomic mass is 9.87. The Labute approximate surface area is 164 Å². The van der Waals surface area contributed by atoms with Crippen molar-refractivity contribution in [3.63, 3.8) is 0 Å². The van der Waals surface area contributed by atoms with Gasteiger partial charge in [0.25, 0.3) is 0 Å². The topological polar surface area (TPSA) is 73.3 Å². The van der Waals surface area contributed by atoms with Gasteiger partial charge in [-0.15, -0.1) is 0 Å². The van der Waals surface area contributed by atoms with Gasteiger partial charge in [-0.1, -0.05) is 32.9 Å². The minimum Gasteiger partial charge on any atom is -0.479 e. The van der Waals surface area contributed by atoms with E-state index < -0.39 is 5.97 Å². The van der Waals surface area contributed by atoms with E-state index in [0.717, 1.165) is 11.1 Å². The molecule has 1 N–H and O–H groups in total. The van der Waals surface area contributed by atoms with E-state index in [2.05, 4.69) is 48.2 Å². The molecule has 0 aliphatic rings. The van der Waals surface area contributed by atoms with Crippen LogP contribution >= 0.6 is 0 Å². The highest BCUT2D eigenvalue weighted by Gasteiger charge is 2.19. The minimum absolute atomic E-state index is 0.0665. The number of aromatic nitrogens is 2. The van der Waals surface area contributed by atoms with Crippen LogP contribution in [0.15, 0.2) is 42.7 Å². The van der Waals surface area contributed by atoms with E-state index in [-0.39, 0.29) is 12.0 Å². The number of carbonyl (C=O) groups excluding carboxylic acids is 1. The number of ether oxygens (including phenoxy) is 2. The summed E-state index contributed by atoms with van der Waals surface area (Å²) in [5.41, 5.74) is 3.72. The monoisotopic (exact) mass is 379 g/mol. The highest BCUT2D eigenvalue weighted by molar-refractivity contribution is 6.06. The summed E-state index contributed by atoms with van der Waals surface area (Å²) in [6.45, 7) is 8.58. The van der Waals surface area contributed by atoms with E-state index in [4.69, 9.17) is 9.47 Å². The number of fused-ring (bicyclic) bond motifs is 1. The molecule has 0 bridgehead atoms. The lowest BCUT2D eigenvalue weighted by Crippen LogP contribution is -2.11. The normalized spacial score (nSPS) is 11.3. The molecule has 0 saturated heterocycles. The summed E-state index contributed by atoms with van der Waals surface area (Å²) in [7, 11) is 1.54. The van der Waals surface area contributed by atoms with Crippen molar-refractivity contribution >= 4 is 28.2 Å². The van der Waals surface area contributed by atoms with Crippen molar-refractivity contribution in [2.75, 3.05) is 19.0 Å². The number of methoxy groups -OCH3 is 1. The number of carbonyl (C=O) groups is 1. The fraction of sp³-hybridized carbons (Fsp3) is 0.318. The van der Waals surface area contributed by atoms with E-state index in [1.54, 1.807) is 26.3 Å². The van der Waals surface area contributed by atoms with Crippen molar-refractivity contribution < 1.29 is 14.3 Å². The number of nitrogens with zero attached hydrogens (tertiary/aromatic N) is 2. The molecule has 2 heterocycles. The fourth-order valence-electron chi connectivity index (χ4n) is 2.95. The predicted octanol–water partition coefficient (Wildman–Crippen LogP) is 4.86. The molecule has 0 aliphatic carbocycles. The van der Waals surface area contributed by atoms with Crippen molar-refractivity contribution in [1.29, 1.82) is 0 Å². The lowest BCUT2D eigenvalue weighted by Gasteiger charge is -2.20. The molecule has 2 aromatic heterocycles.